The van der Waals surface area contributed by atoms with Crippen molar-refractivity contribution in [2.24, 2.45) is 5.92 Å². The van der Waals surface area contributed by atoms with Crippen LogP contribution in [-0.4, -0.2) is 49.8 Å². The van der Waals surface area contributed by atoms with E-state index >= 15 is 0 Å². The third kappa shape index (κ3) is 5.39. The van der Waals surface area contributed by atoms with Gasteiger partial charge in [-0.2, -0.15) is 4.31 Å². The van der Waals surface area contributed by atoms with Gasteiger partial charge < -0.3 is 10.2 Å². The number of fused-ring (bicyclic) bond motifs is 1. The van der Waals surface area contributed by atoms with E-state index in [1.165, 1.54) is 5.56 Å². The smallest absolute Gasteiger partial charge is 0.243 e. The molecule has 0 radical (unpaired) electrons. The van der Waals surface area contributed by atoms with Crippen molar-refractivity contribution < 1.29 is 13.2 Å². The van der Waals surface area contributed by atoms with E-state index in [9.17, 15) is 13.2 Å². The number of hydrogen-bond acceptors (Lipinski definition) is 5. The number of aryl methyl sites for hydroxylation is 1. The van der Waals surface area contributed by atoms with Crippen LogP contribution in [0.5, 0.6) is 0 Å². The summed E-state index contributed by atoms with van der Waals surface area (Å²) >= 11 is 0. The lowest BCUT2D eigenvalue weighted by atomic mass is 9.97. The summed E-state index contributed by atoms with van der Waals surface area (Å²) in [6, 6.07) is 17.3. The van der Waals surface area contributed by atoms with Gasteiger partial charge in [0.1, 0.15) is 5.82 Å². The maximum Gasteiger partial charge on any atom is 0.243 e. The molecule has 1 N–H and O–H groups in total. The highest BCUT2D eigenvalue weighted by Crippen LogP contribution is 2.27. The van der Waals surface area contributed by atoms with Crippen LogP contribution >= 0.6 is 0 Å². The Morgan fingerprint density at radius 3 is 2.53 bits per heavy atom. The molecule has 3 heterocycles. The fraction of sp³-hybridized carbons (Fsp3) is 0.429. The van der Waals surface area contributed by atoms with Gasteiger partial charge in [-0.05, 0) is 68.5 Å². The Hall–Kier alpha value is -2.97. The number of hydrogen-bond donors (Lipinski definition) is 1. The summed E-state index contributed by atoms with van der Waals surface area (Å²) in [6.07, 6.45) is 4.70. The summed E-state index contributed by atoms with van der Waals surface area (Å²) in [5, 5.41) is 3.90. The maximum atomic E-state index is 13.1. The van der Waals surface area contributed by atoms with Crippen LogP contribution in [0.3, 0.4) is 0 Å². The lowest BCUT2D eigenvalue weighted by molar-refractivity contribution is -0.125. The zero-order valence-electron chi connectivity index (χ0n) is 20.8. The van der Waals surface area contributed by atoms with E-state index in [1.54, 1.807) is 22.5 Å². The summed E-state index contributed by atoms with van der Waals surface area (Å²) < 4.78 is 27.7. The SMILES string of the molecule is Cc1ccc(CNC(=O)C2CCCN(c3ccc4cc(S(=O)(=O)N5CCCCC5)ccc4n3)C2)cc1. The molecule has 1 amide bonds. The lowest BCUT2D eigenvalue weighted by Gasteiger charge is -2.33. The number of nitrogens with one attached hydrogen (secondary N) is 1. The first-order valence-electron chi connectivity index (χ1n) is 12.9. The second-order valence-corrected chi connectivity index (χ2v) is 11.9. The Kier molecular flexibility index (Phi) is 7.25. The van der Waals surface area contributed by atoms with Crippen LogP contribution in [0.2, 0.25) is 0 Å². The van der Waals surface area contributed by atoms with E-state index in [2.05, 4.69) is 29.3 Å². The van der Waals surface area contributed by atoms with E-state index in [0.717, 1.165) is 60.9 Å². The topological polar surface area (TPSA) is 82.6 Å². The number of aromatic nitrogens is 1. The molecule has 1 aromatic heterocycles. The molecule has 5 rings (SSSR count). The van der Waals surface area contributed by atoms with Gasteiger partial charge in [-0.1, -0.05) is 36.2 Å². The molecule has 0 bridgehead atoms. The van der Waals surface area contributed by atoms with Crippen LogP contribution in [0, 0.1) is 12.8 Å². The van der Waals surface area contributed by atoms with Crippen molar-refractivity contribution in [3.05, 3.63) is 65.7 Å². The summed E-state index contributed by atoms with van der Waals surface area (Å²) in [5.74, 6) is 0.817. The summed E-state index contributed by atoms with van der Waals surface area (Å²) in [5.41, 5.74) is 3.06. The fourth-order valence-corrected chi connectivity index (χ4v) is 6.68. The zero-order chi connectivity index (χ0) is 25.1. The number of sulfonamides is 1. The number of pyridine rings is 1. The number of amides is 1. The molecular formula is C28H34N4O3S. The van der Waals surface area contributed by atoms with Crippen molar-refractivity contribution in [2.75, 3.05) is 31.1 Å². The van der Waals surface area contributed by atoms with Gasteiger partial charge in [-0.15, -0.1) is 0 Å². The van der Waals surface area contributed by atoms with E-state index in [-0.39, 0.29) is 11.8 Å². The van der Waals surface area contributed by atoms with E-state index < -0.39 is 10.0 Å². The predicted molar refractivity (Wildman–Crippen MR) is 142 cm³/mol. The van der Waals surface area contributed by atoms with E-state index in [4.69, 9.17) is 4.98 Å². The second-order valence-electron chi connectivity index (χ2n) is 9.98. The summed E-state index contributed by atoms with van der Waals surface area (Å²) in [7, 11) is -3.48. The van der Waals surface area contributed by atoms with Crippen LogP contribution in [0.1, 0.15) is 43.2 Å². The highest BCUT2D eigenvalue weighted by Gasteiger charge is 2.28. The molecule has 0 spiro atoms. The third-order valence-electron chi connectivity index (χ3n) is 7.30. The number of nitrogens with zero attached hydrogens (tertiary/aromatic N) is 3. The molecule has 3 aromatic rings. The monoisotopic (exact) mass is 506 g/mol. The van der Waals surface area contributed by atoms with Crippen LogP contribution < -0.4 is 10.2 Å². The largest absolute Gasteiger partial charge is 0.356 e. The zero-order valence-corrected chi connectivity index (χ0v) is 21.6. The Morgan fingerprint density at radius 2 is 1.75 bits per heavy atom. The highest BCUT2D eigenvalue weighted by atomic mass is 32.2. The molecule has 2 saturated heterocycles. The minimum atomic E-state index is -3.48. The van der Waals surface area contributed by atoms with Crippen LogP contribution in [0.25, 0.3) is 10.9 Å². The Labute approximate surface area is 213 Å². The molecule has 2 fully saturated rings. The van der Waals surface area contributed by atoms with Crippen molar-refractivity contribution in [3.63, 3.8) is 0 Å². The predicted octanol–water partition coefficient (Wildman–Crippen LogP) is 4.25. The maximum absolute atomic E-state index is 13.1. The molecule has 2 aliphatic rings. The van der Waals surface area contributed by atoms with Crippen molar-refractivity contribution in [1.82, 2.24) is 14.6 Å². The number of benzene rings is 2. The molecule has 36 heavy (non-hydrogen) atoms. The standard InChI is InChI=1S/C28H34N4O3S/c1-21-7-9-22(10-8-21)19-29-28(33)24-6-5-15-31(20-24)27-14-11-23-18-25(12-13-26(23)30-27)36(34,35)32-16-3-2-4-17-32/h7-14,18,24H,2-6,15-17,19-20H2,1H3,(H,29,33). The van der Waals surface area contributed by atoms with Crippen molar-refractivity contribution >= 4 is 32.7 Å². The minimum Gasteiger partial charge on any atom is -0.356 e. The van der Waals surface area contributed by atoms with Crippen molar-refractivity contribution in [2.45, 2.75) is 50.5 Å². The Balaban J connectivity index is 1.26. The first kappa shape index (κ1) is 24.7. The molecule has 2 aromatic carbocycles. The van der Waals surface area contributed by atoms with Gasteiger partial charge in [0.15, 0.2) is 0 Å². The van der Waals surface area contributed by atoms with E-state index in [0.29, 0.717) is 31.1 Å². The van der Waals surface area contributed by atoms with Gasteiger partial charge in [0.25, 0.3) is 0 Å². The number of piperidine rings is 2. The van der Waals surface area contributed by atoms with Crippen molar-refractivity contribution in [3.8, 4) is 0 Å². The molecule has 1 atom stereocenters. The van der Waals surface area contributed by atoms with Gasteiger partial charge in [-0.3, -0.25) is 4.79 Å². The van der Waals surface area contributed by atoms with Crippen LogP contribution in [-0.2, 0) is 21.4 Å². The van der Waals surface area contributed by atoms with Gasteiger partial charge in [0, 0.05) is 38.1 Å². The number of carbonyl (C=O) groups is 1. The fourth-order valence-electron chi connectivity index (χ4n) is 5.12. The second kappa shape index (κ2) is 10.6. The molecule has 0 saturated carbocycles. The van der Waals surface area contributed by atoms with Crippen LogP contribution in [0.15, 0.2) is 59.5 Å². The number of rotatable bonds is 6. The molecule has 7 nitrogen and oxygen atoms in total. The van der Waals surface area contributed by atoms with Gasteiger partial charge >= 0.3 is 0 Å². The molecule has 2 aliphatic heterocycles. The summed E-state index contributed by atoms with van der Waals surface area (Å²) in [6.45, 7) is 5.24. The first-order chi connectivity index (χ1) is 17.4. The molecular weight excluding hydrogens is 472 g/mol. The number of anilines is 1. The number of carbonyl (C=O) groups excluding carboxylic acids is 1. The molecule has 0 aliphatic carbocycles. The van der Waals surface area contributed by atoms with Gasteiger partial charge in [0.05, 0.1) is 16.3 Å². The molecule has 1 unspecified atom stereocenters. The quantitative estimate of drug-likeness (QED) is 0.541. The first-order valence-corrected chi connectivity index (χ1v) is 14.3. The Bertz CT molecular complexity index is 1330. The average molecular weight is 507 g/mol. The minimum absolute atomic E-state index is 0.0774. The lowest BCUT2D eigenvalue weighted by Crippen LogP contribution is -2.43. The normalized spacial score (nSPS) is 19.4. The van der Waals surface area contributed by atoms with Gasteiger partial charge in [0.2, 0.25) is 15.9 Å². The molecule has 8 heteroatoms. The van der Waals surface area contributed by atoms with Gasteiger partial charge in [-0.25, -0.2) is 13.4 Å². The van der Waals surface area contributed by atoms with E-state index in [1.807, 2.05) is 24.3 Å². The third-order valence-corrected chi connectivity index (χ3v) is 9.20. The highest BCUT2D eigenvalue weighted by molar-refractivity contribution is 7.89. The Morgan fingerprint density at radius 1 is 0.972 bits per heavy atom. The molecule has 190 valence electrons. The average Bonchev–Trinajstić information content (AvgIpc) is 2.92. The summed E-state index contributed by atoms with van der Waals surface area (Å²) in [4.78, 5) is 20.2. The van der Waals surface area contributed by atoms with Crippen molar-refractivity contribution in [1.29, 1.82) is 0 Å². The van der Waals surface area contributed by atoms with Crippen LogP contribution in [0.4, 0.5) is 5.82 Å².